The van der Waals surface area contributed by atoms with Gasteiger partial charge < -0.3 is 20.1 Å². The molecular weight excluding hydrogens is 438 g/mol. The second-order valence-corrected chi connectivity index (χ2v) is 4.83. The standard InChI is InChI=1S/C12H10F6N6O6/c13-11(14,15)9(27)29-3-1-19-7(25)5-21-23-6(24-22-5)8(26)20-2-4-30-10(28)12(16,17)18/h1-4H2,(H,19,25)(H,20,26). The van der Waals surface area contributed by atoms with Gasteiger partial charge in [-0.2, -0.15) is 26.3 Å². The van der Waals surface area contributed by atoms with Crippen molar-refractivity contribution >= 4 is 23.8 Å². The van der Waals surface area contributed by atoms with Gasteiger partial charge in [0.15, 0.2) is 0 Å². The number of hydrogen-bond acceptors (Lipinski definition) is 10. The van der Waals surface area contributed by atoms with Gasteiger partial charge in [0.1, 0.15) is 13.2 Å². The van der Waals surface area contributed by atoms with Crippen molar-refractivity contribution < 1.29 is 55.0 Å². The van der Waals surface area contributed by atoms with Crippen LogP contribution in [0.25, 0.3) is 0 Å². The van der Waals surface area contributed by atoms with E-state index in [0.717, 1.165) is 0 Å². The Hall–Kier alpha value is -3.60. The molecule has 166 valence electrons. The minimum absolute atomic E-state index is 0.525. The summed E-state index contributed by atoms with van der Waals surface area (Å²) in [5.41, 5.74) is 0. The first-order valence-electron chi connectivity index (χ1n) is 7.44. The Morgan fingerprint density at radius 2 is 0.967 bits per heavy atom. The average molecular weight is 448 g/mol. The van der Waals surface area contributed by atoms with Gasteiger partial charge in [-0.05, 0) is 0 Å². The van der Waals surface area contributed by atoms with Crippen LogP contribution < -0.4 is 10.6 Å². The summed E-state index contributed by atoms with van der Waals surface area (Å²) in [5.74, 6) is -8.39. The van der Waals surface area contributed by atoms with Crippen molar-refractivity contribution in [1.82, 2.24) is 31.0 Å². The summed E-state index contributed by atoms with van der Waals surface area (Å²) in [6.45, 7) is -2.65. The predicted molar refractivity (Wildman–Crippen MR) is 76.3 cm³/mol. The van der Waals surface area contributed by atoms with Gasteiger partial charge in [0.2, 0.25) is 0 Å². The molecule has 0 aliphatic rings. The number of hydrogen-bond donors (Lipinski definition) is 2. The van der Waals surface area contributed by atoms with E-state index >= 15 is 0 Å². The van der Waals surface area contributed by atoms with E-state index in [2.05, 4.69) is 29.9 Å². The van der Waals surface area contributed by atoms with Gasteiger partial charge in [-0.25, -0.2) is 9.59 Å². The summed E-state index contributed by atoms with van der Waals surface area (Å²) in [6, 6.07) is 0. The zero-order valence-electron chi connectivity index (χ0n) is 14.3. The molecule has 0 bridgehead atoms. The van der Waals surface area contributed by atoms with Crippen molar-refractivity contribution in [2.24, 2.45) is 0 Å². The third-order valence-electron chi connectivity index (χ3n) is 2.59. The molecule has 1 aromatic heterocycles. The Morgan fingerprint density at radius 1 is 0.667 bits per heavy atom. The smallest absolute Gasteiger partial charge is 0.457 e. The molecule has 1 rings (SSSR count). The quantitative estimate of drug-likeness (QED) is 0.285. The number of amides is 2. The van der Waals surface area contributed by atoms with E-state index in [4.69, 9.17) is 0 Å². The fourth-order valence-corrected chi connectivity index (χ4v) is 1.35. The first-order chi connectivity index (χ1) is 13.8. The summed E-state index contributed by atoms with van der Waals surface area (Å²) >= 11 is 0. The summed E-state index contributed by atoms with van der Waals surface area (Å²) in [4.78, 5) is 44.1. The average Bonchev–Trinajstić information content (AvgIpc) is 2.66. The van der Waals surface area contributed by atoms with Crippen molar-refractivity contribution in [3.8, 4) is 0 Å². The van der Waals surface area contributed by atoms with E-state index in [1.807, 2.05) is 10.6 Å². The Balaban J connectivity index is 2.39. The SMILES string of the molecule is O=C(NCCOC(=O)C(F)(F)F)c1nnc(C(=O)NCCOC(=O)C(F)(F)F)nn1. The molecule has 0 atom stereocenters. The Bertz CT molecular complexity index is 718. The minimum atomic E-state index is -5.18. The van der Waals surface area contributed by atoms with Crippen LogP contribution in [0, 0.1) is 0 Å². The maximum absolute atomic E-state index is 11.9. The molecule has 1 aromatic rings. The summed E-state index contributed by atoms with van der Waals surface area (Å²) in [7, 11) is 0. The molecule has 30 heavy (non-hydrogen) atoms. The number of nitrogens with one attached hydrogen (secondary N) is 2. The zero-order chi connectivity index (χ0) is 22.9. The lowest BCUT2D eigenvalue weighted by atomic mass is 10.5. The summed E-state index contributed by atoms with van der Waals surface area (Å²) in [5, 5.41) is 16.9. The Kier molecular flexibility index (Phi) is 8.35. The number of carbonyl (C=O) groups is 4. The molecule has 1 heterocycles. The van der Waals surface area contributed by atoms with Crippen molar-refractivity contribution in [2.75, 3.05) is 26.3 Å². The predicted octanol–water partition coefficient (Wildman–Crippen LogP) is -1.06. The molecular formula is C12H10F6N6O6. The number of aromatic nitrogens is 4. The Labute approximate surface area is 161 Å². The Morgan fingerprint density at radius 3 is 1.23 bits per heavy atom. The topological polar surface area (TPSA) is 162 Å². The number of carbonyl (C=O) groups excluding carboxylic acids is 4. The van der Waals surface area contributed by atoms with Crippen molar-refractivity contribution in [2.45, 2.75) is 12.4 Å². The molecule has 0 aliphatic carbocycles. The first-order valence-corrected chi connectivity index (χ1v) is 7.44. The van der Waals surface area contributed by atoms with E-state index < -0.39 is 74.1 Å². The van der Waals surface area contributed by atoms with Crippen LogP contribution >= 0.6 is 0 Å². The van der Waals surface area contributed by atoms with Gasteiger partial charge in [-0.3, -0.25) is 9.59 Å². The normalized spacial score (nSPS) is 11.4. The maximum Gasteiger partial charge on any atom is 0.490 e. The molecule has 18 heteroatoms. The number of rotatable bonds is 8. The van der Waals surface area contributed by atoms with E-state index in [0.29, 0.717) is 0 Å². The molecule has 2 N–H and O–H groups in total. The van der Waals surface area contributed by atoms with Crippen LogP contribution in [-0.2, 0) is 19.1 Å². The molecule has 0 fully saturated rings. The fraction of sp³-hybridized carbons (Fsp3) is 0.500. The lowest BCUT2D eigenvalue weighted by molar-refractivity contribution is -0.199. The molecule has 0 aromatic carbocycles. The summed E-state index contributed by atoms with van der Waals surface area (Å²) < 4.78 is 79.0. The molecule has 0 spiro atoms. The number of ether oxygens (including phenoxy) is 2. The van der Waals surface area contributed by atoms with E-state index in [1.54, 1.807) is 0 Å². The minimum Gasteiger partial charge on any atom is -0.457 e. The monoisotopic (exact) mass is 448 g/mol. The molecule has 0 radical (unpaired) electrons. The summed E-state index contributed by atoms with van der Waals surface area (Å²) in [6.07, 6.45) is -10.4. The number of halogens is 6. The maximum atomic E-state index is 11.9. The van der Waals surface area contributed by atoms with Gasteiger partial charge in [-0.15, -0.1) is 20.4 Å². The van der Waals surface area contributed by atoms with Gasteiger partial charge >= 0.3 is 24.3 Å². The van der Waals surface area contributed by atoms with Crippen LogP contribution in [0.3, 0.4) is 0 Å². The van der Waals surface area contributed by atoms with Gasteiger partial charge in [-0.1, -0.05) is 0 Å². The largest absolute Gasteiger partial charge is 0.490 e. The molecule has 0 unspecified atom stereocenters. The van der Waals surface area contributed by atoms with E-state index in [9.17, 15) is 45.5 Å². The second kappa shape index (κ2) is 10.3. The first kappa shape index (κ1) is 24.4. The third kappa shape index (κ3) is 8.19. The molecule has 0 saturated carbocycles. The molecule has 0 saturated heterocycles. The van der Waals surface area contributed by atoms with Crippen LogP contribution in [0.4, 0.5) is 26.3 Å². The lowest BCUT2D eigenvalue weighted by Crippen LogP contribution is -2.34. The lowest BCUT2D eigenvalue weighted by Gasteiger charge is -2.08. The van der Waals surface area contributed by atoms with Crippen molar-refractivity contribution in [3.63, 3.8) is 0 Å². The highest BCUT2D eigenvalue weighted by molar-refractivity contribution is 5.91. The molecule has 12 nitrogen and oxygen atoms in total. The van der Waals surface area contributed by atoms with Gasteiger partial charge in [0.25, 0.3) is 23.5 Å². The number of nitrogens with zero attached hydrogens (tertiary/aromatic N) is 4. The number of esters is 2. The van der Waals surface area contributed by atoms with Crippen LogP contribution in [-0.4, -0.2) is 82.8 Å². The van der Waals surface area contributed by atoms with Gasteiger partial charge in [0.05, 0.1) is 13.1 Å². The van der Waals surface area contributed by atoms with Crippen LogP contribution in [0.2, 0.25) is 0 Å². The second-order valence-electron chi connectivity index (χ2n) is 4.83. The van der Waals surface area contributed by atoms with E-state index in [-0.39, 0.29) is 0 Å². The molecule has 2 amide bonds. The van der Waals surface area contributed by atoms with Crippen LogP contribution in [0.15, 0.2) is 0 Å². The fourth-order valence-electron chi connectivity index (χ4n) is 1.35. The highest BCUT2D eigenvalue weighted by atomic mass is 19.4. The third-order valence-corrected chi connectivity index (χ3v) is 2.59. The zero-order valence-corrected chi connectivity index (χ0v) is 14.3. The van der Waals surface area contributed by atoms with Gasteiger partial charge in [0, 0.05) is 0 Å². The highest BCUT2D eigenvalue weighted by Gasteiger charge is 2.41. The molecule has 0 aliphatic heterocycles. The number of alkyl halides is 6. The van der Waals surface area contributed by atoms with Crippen molar-refractivity contribution in [1.29, 1.82) is 0 Å². The van der Waals surface area contributed by atoms with Crippen LogP contribution in [0.5, 0.6) is 0 Å². The van der Waals surface area contributed by atoms with Crippen LogP contribution in [0.1, 0.15) is 21.2 Å². The van der Waals surface area contributed by atoms with Crippen molar-refractivity contribution in [3.05, 3.63) is 11.6 Å². The highest BCUT2D eigenvalue weighted by Crippen LogP contribution is 2.16. The van der Waals surface area contributed by atoms with E-state index in [1.165, 1.54) is 0 Å².